The van der Waals surface area contributed by atoms with Crippen LogP contribution in [0.1, 0.15) is 6.42 Å². The molecule has 0 aromatic heterocycles. The standard InChI is InChI=1S/C15H14N2O2/c16-10-3-5-11(6-4-10)17-14(18)12-8-1-2-9(7-8)13(12)15(17)19/h1-6,8-9,12-13H,7,16H2/t8-,9+,12-,13-/m0/s1. The molecule has 1 aromatic carbocycles. The van der Waals surface area contributed by atoms with Gasteiger partial charge in [-0.25, -0.2) is 0 Å². The Labute approximate surface area is 110 Å². The molecule has 1 saturated heterocycles. The number of benzene rings is 1. The minimum Gasteiger partial charge on any atom is -0.399 e. The molecule has 4 nitrogen and oxygen atoms in total. The summed E-state index contributed by atoms with van der Waals surface area (Å²) in [6.45, 7) is 0. The summed E-state index contributed by atoms with van der Waals surface area (Å²) in [4.78, 5) is 26.4. The van der Waals surface area contributed by atoms with Gasteiger partial charge in [-0.05, 0) is 42.5 Å². The van der Waals surface area contributed by atoms with E-state index in [2.05, 4.69) is 12.2 Å². The van der Waals surface area contributed by atoms with Gasteiger partial charge in [0, 0.05) is 5.69 Å². The third kappa shape index (κ3) is 1.28. The molecular weight excluding hydrogens is 240 g/mol. The van der Waals surface area contributed by atoms with Gasteiger partial charge in [0.15, 0.2) is 0 Å². The van der Waals surface area contributed by atoms with Gasteiger partial charge in [-0.15, -0.1) is 0 Å². The molecule has 4 rings (SSSR count). The van der Waals surface area contributed by atoms with E-state index in [-0.39, 0.29) is 35.5 Å². The van der Waals surface area contributed by atoms with E-state index in [1.165, 1.54) is 4.90 Å². The van der Waals surface area contributed by atoms with Crippen LogP contribution in [0.25, 0.3) is 0 Å². The van der Waals surface area contributed by atoms with Gasteiger partial charge in [-0.2, -0.15) is 0 Å². The molecule has 0 spiro atoms. The molecule has 2 N–H and O–H groups in total. The molecule has 2 bridgehead atoms. The van der Waals surface area contributed by atoms with Crippen LogP contribution in [0, 0.1) is 23.7 Å². The van der Waals surface area contributed by atoms with Crippen LogP contribution in [-0.2, 0) is 9.59 Å². The normalized spacial score (nSPS) is 35.3. The summed E-state index contributed by atoms with van der Waals surface area (Å²) in [5.41, 5.74) is 6.91. The highest BCUT2D eigenvalue weighted by molar-refractivity contribution is 6.22. The minimum absolute atomic E-state index is 0.0448. The molecule has 1 aliphatic heterocycles. The quantitative estimate of drug-likeness (QED) is 0.470. The Morgan fingerprint density at radius 2 is 1.47 bits per heavy atom. The molecule has 2 fully saturated rings. The Hall–Kier alpha value is -2.10. The number of carbonyl (C=O) groups excluding carboxylic acids is 2. The first-order chi connectivity index (χ1) is 9.16. The average Bonchev–Trinajstić information content (AvgIpc) is 3.06. The largest absolute Gasteiger partial charge is 0.399 e. The second-order valence-corrected chi connectivity index (χ2v) is 5.60. The SMILES string of the molecule is Nc1ccc(N2C(=O)[C@@H]3[C@@H](C2=O)[C@H]2C=C[C@@H]3C2)cc1. The fraction of sp³-hybridized carbons (Fsp3) is 0.333. The fourth-order valence-corrected chi connectivity index (χ4v) is 3.78. The number of fused-ring (bicyclic) bond motifs is 5. The van der Waals surface area contributed by atoms with Crippen molar-refractivity contribution in [3.63, 3.8) is 0 Å². The zero-order chi connectivity index (χ0) is 13.1. The van der Waals surface area contributed by atoms with Crippen molar-refractivity contribution in [1.29, 1.82) is 0 Å². The third-order valence-corrected chi connectivity index (χ3v) is 4.62. The lowest BCUT2D eigenvalue weighted by atomic mass is 9.85. The minimum atomic E-state index is -0.139. The summed E-state index contributed by atoms with van der Waals surface area (Å²) in [7, 11) is 0. The summed E-state index contributed by atoms with van der Waals surface area (Å²) in [5.74, 6) is 0.142. The van der Waals surface area contributed by atoms with Gasteiger partial charge in [-0.1, -0.05) is 12.2 Å². The van der Waals surface area contributed by atoms with Crippen molar-refractivity contribution in [3.05, 3.63) is 36.4 Å². The Balaban J connectivity index is 1.74. The number of nitrogens with two attached hydrogens (primary N) is 1. The van der Waals surface area contributed by atoms with Crippen LogP contribution in [0.4, 0.5) is 11.4 Å². The molecular formula is C15H14N2O2. The number of hydrogen-bond acceptors (Lipinski definition) is 3. The molecule has 1 saturated carbocycles. The van der Waals surface area contributed by atoms with Gasteiger partial charge < -0.3 is 5.73 Å². The van der Waals surface area contributed by atoms with Crippen LogP contribution in [0.5, 0.6) is 0 Å². The first kappa shape index (κ1) is 10.8. The van der Waals surface area contributed by atoms with Crippen molar-refractivity contribution < 1.29 is 9.59 Å². The topological polar surface area (TPSA) is 63.4 Å². The molecule has 2 amide bonds. The van der Waals surface area contributed by atoms with Crippen LogP contribution in [0.2, 0.25) is 0 Å². The average molecular weight is 254 g/mol. The molecule has 0 radical (unpaired) electrons. The molecule has 4 heteroatoms. The van der Waals surface area contributed by atoms with Gasteiger partial charge in [-0.3, -0.25) is 14.5 Å². The van der Waals surface area contributed by atoms with Gasteiger partial charge in [0.25, 0.3) is 0 Å². The van der Waals surface area contributed by atoms with Gasteiger partial charge >= 0.3 is 0 Å². The zero-order valence-corrected chi connectivity index (χ0v) is 10.3. The van der Waals surface area contributed by atoms with Gasteiger partial charge in [0.05, 0.1) is 17.5 Å². The second-order valence-electron chi connectivity index (χ2n) is 5.60. The Morgan fingerprint density at radius 3 is 2.00 bits per heavy atom. The lowest BCUT2D eigenvalue weighted by Gasteiger charge is -2.17. The van der Waals surface area contributed by atoms with Crippen molar-refractivity contribution in [2.45, 2.75) is 6.42 Å². The molecule has 2 aliphatic carbocycles. The maximum atomic E-state index is 12.5. The highest BCUT2D eigenvalue weighted by Gasteiger charge is 2.59. The highest BCUT2D eigenvalue weighted by atomic mass is 16.2. The lowest BCUT2D eigenvalue weighted by molar-refractivity contribution is -0.123. The number of imide groups is 1. The van der Waals surface area contributed by atoms with Crippen molar-refractivity contribution in [1.82, 2.24) is 0 Å². The summed E-state index contributed by atoms with van der Waals surface area (Å²) in [6, 6.07) is 6.91. The number of carbonyl (C=O) groups is 2. The van der Waals surface area contributed by atoms with E-state index < -0.39 is 0 Å². The van der Waals surface area contributed by atoms with Crippen LogP contribution < -0.4 is 10.6 Å². The van der Waals surface area contributed by atoms with Crippen LogP contribution in [0.15, 0.2) is 36.4 Å². The van der Waals surface area contributed by atoms with E-state index in [0.29, 0.717) is 11.4 Å². The number of nitrogen functional groups attached to an aromatic ring is 1. The molecule has 0 unspecified atom stereocenters. The molecule has 1 aromatic rings. The number of allylic oxidation sites excluding steroid dienone is 2. The third-order valence-electron chi connectivity index (χ3n) is 4.62. The van der Waals surface area contributed by atoms with E-state index in [0.717, 1.165) is 6.42 Å². The number of anilines is 2. The summed E-state index contributed by atoms with van der Waals surface area (Å²) < 4.78 is 0. The fourth-order valence-electron chi connectivity index (χ4n) is 3.78. The van der Waals surface area contributed by atoms with E-state index in [1.807, 2.05) is 0 Å². The Bertz CT molecular complexity index is 575. The van der Waals surface area contributed by atoms with E-state index in [1.54, 1.807) is 24.3 Å². The molecule has 3 aliphatic rings. The van der Waals surface area contributed by atoms with E-state index in [9.17, 15) is 9.59 Å². The van der Waals surface area contributed by atoms with Crippen molar-refractivity contribution in [2.75, 3.05) is 10.6 Å². The predicted octanol–water partition coefficient (Wildman–Crippen LogP) is 1.58. The van der Waals surface area contributed by atoms with Gasteiger partial charge in [0.1, 0.15) is 0 Å². The maximum Gasteiger partial charge on any atom is 0.238 e. The van der Waals surface area contributed by atoms with Crippen LogP contribution in [-0.4, -0.2) is 11.8 Å². The molecule has 4 atom stereocenters. The predicted molar refractivity (Wildman–Crippen MR) is 71.1 cm³/mol. The van der Waals surface area contributed by atoms with Crippen LogP contribution >= 0.6 is 0 Å². The first-order valence-electron chi connectivity index (χ1n) is 6.58. The molecule has 96 valence electrons. The number of hydrogen-bond donors (Lipinski definition) is 1. The molecule has 19 heavy (non-hydrogen) atoms. The first-order valence-corrected chi connectivity index (χ1v) is 6.58. The summed E-state index contributed by atoms with van der Waals surface area (Å²) >= 11 is 0. The highest BCUT2D eigenvalue weighted by Crippen LogP contribution is 2.53. The summed E-state index contributed by atoms with van der Waals surface area (Å²) in [6.07, 6.45) is 5.16. The summed E-state index contributed by atoms with van der Waals surface area (Å²) in [5, 5.41) is 0. The van der Waals surface area contributed by atoms with Crippen molar-refractivity contribution in [3.8, 4) is 0 Å². The monoisotopic (exact) mass is 254 g/mol. The Kier molecular flexibility index (Phi) is 1.97. The maximum absolute atomic E-state index is 12.5. The smallest absolute Gasteiger partial charge is 0.238 e. The van der Waals surface area contributed by atoms with E-state index in [4.69, 9.17) is 5.73 Å². The number of amides is 2. The van der Waals surface area contributed by atoms with Crippen molar-refractivity contribution in [2.24, 2.45) is 23.7 Å². The van der Waals surface area contributed by atoms with Crippen molar-refractivity contribution >= 4 is 23.2 Å². The molecule has 1 heterocycles. The van der Waals surface area contributed by atoms with E-state index >= 15 is 0 Å². The zero-order valence-electron chi connectivity index (χ0n) is 10.3. The Morgan fingerprint density at radius 1 is 0.947 bits per heavy atom. The van der Waals surface area contributed by atoms with Gasteiger partial charge in [0.2, 0.25) is 11.8 Å². The number of nitrogens with zero attached hydrogens (tertiary/aromatic N) is 1. The lowest BCUT2D eigenvalue weighted by Crippen LogP contribution is -2.32. The van der Waals surface area contributed by atoms with Crippen LogP contribution in [0.3, 0.4) is 0 Å². The second kappa shape index (κ2) is 3.47. The number of rotatable bonds is 1.